The minimum atomic E-state index is -0.388. The summed E-state index contributed by atoms with van der Waals surface area (Å²) in [5, 5.41) is 3.11. The van der Waals surface area contributed by atoms with Gasteiger partial charge in [-0.05, 0) is 24.6 Å². The average molecular weight is 213 g/mol. The van der Waals surface area contributed by atoms with Gasteiger partial charge in [0.25, 0.3) is 0 Å². The third-order valence-corrected chi connectivity index (χ3v) is 2.21. The summed E-state index contributed by atoms with van der Waals surface area (Å²) in [6, 6.07) is 3.50. The molecule has 0 radical (unpaired) electrons. The molecule has 4 nitrogen and oxygen atoms in total. The van der Waals surface area contributed by atoms with Crippen LogP contribution in [0.4, 0.5) is 4.79 Å². The predicted octanol–water partition coefficient (Wildman–Crippen LogP) is 1.82. The first-order valence-corrected chi connectivity index (χ1v) is 4.60. The second-order valence-electron chi connectivity index (χ2n) is 3.16. The summed E-state index contributed by atoms with van der Waals surface area (Å²) in [4.78, 5) is 14.9. The van der Waals surface area contributed by atoms with Gasteiger partial charge < -0.3 is 10.1 Å². The second-order valence-corrected chi connectivity index (χ2v) is 3.55. The average Bonchev–Trinajstić information content (AvgIpc) is 2.50. The quantitative estimate of drug-likeness (QED) is 0.723. The summed E-state index contributed by atoms with van der Waals surface area (Å²) in [5.74, 6) is 0. The topological polar surface area (TPSA) is 51.2 Å². The van der Waals surface area contributed by atoms with Crippen molar-refractivity contribution in [1.29, 1.82) is 0 Å². The van der Waals surface area contributed by atoms with E-state index in [1.54, 1.807) is 6.07 Å². The molecule has 1 saturated heterocycles. The number of carbonyl (C=O) groups is 1. The van der Waals surface area contributed by atoms with Crippen LogP contribution in [-0.4, -0.2) is 17.7 Å². The van der Waals surface area contributed by atoms with Gasteiger partial charge >= 0.3 is 6.09 Å². The highest BCUT2D eigenvalue weighted by Crippen LogP contribution is 2.21. The lowest BCUT2D eigenvalue weighted by atomic mass is 10.1. The van der Waals surface area contributed by atoms with Crippen molar-refractivity contribution in [3.05, 3.63) is 28.5 Å². The summed E-state index contributed by atoms with van der Waals surface area (Å²) in [6.45, 7) is 2.20. The van der Waals surface area contributed by atoms with Crippen molar-refractivity contribution < 1.29 is 9.53 Å². The Hall–Kier alpha value is -1.29. The number of amides is 1. The Morgan fingerprint density at radius 2 is 2.43 bits per heavy atom. The van der Waals surface area contributed by atoms with E-state index in [-0.39, 0.29) is 12.1 Å². The van der Waals surface area contributed by atoms with Crippen molar-refractivity contribution in [2.24, 2.45) is 0 Å². The van der Waals surface area contributed by atoms with Crippen LogP contribution in [0.5, 0.6) is 0 Å². The van der Waals surface area contributed by atoms with E-state index in [1.165, 1.54) is 0 Å². The molecule has 1 atom stereocenters. The number of hydrogen-bond acceptors (Lipinski definition) is 3. The number of aryl methyl sites for hydroxylation is 1. The van der Waals surface area contributed by atoms with Gasteiger partial charge in [-0.2, -0.15) is 0 Å². The van der Waals surface area contributed by atoms with E-state index >= 15 is 0 Å². The summed E-state index contributed by atoms with van der Waals surface area (Å²) < 4.78 is 4.79. The molecule has 0 bridgehead atoms. The molecule has 14 heavy (non-hydrogen) atoms. The number of nitrogens with one attached hydrogen (secondary N) is 1. The third kappa shape index (κ3) is 1.80. The number of nitrogens with zero attached hydrogens (tertiary/aromatic N) is 1. The monoisotopic (exact) mass is 212 g/mol. The Morgan fingerprint density at radius 1 is 1.64 bits per heavy atom. The van der Waals surface area contributed by atoms with Crippen LogP contribution in [0.1, 0.15) is 17.3 Å². The third-order valence-electron chi connectivity index (χ3n) is 2.02. The van der Waals surface area contributed by atoms with Crippen LogP contribution >= 0.6 is 11.6 Å². The van der Waals surface area contributed by atoms with E-state index in [1.807, 2.05) is 13.0 Å². The number of carbonyl (C=O) groups excluding carboxylic acids is 1. The second kappa shape index (κ2) is 3.46. The minimum absolute atomic E-state index is 0.110. The summed E-state index contributed by atoms with van der Waals surface area (Å²) in [6.07, 6.45) is -0.388. The Morgan fingerprint density at radius 3 is 3.00 bits per heavy atom. The Kier molecular flexibility index (Phi) is 2.29. The van der Waals surface area contributed by atoms with Gasteiger partial charge in [-0.25, -0.2) is 9.78 Å². The number of ether oxygens (including phenoxy) is 1. The minimum Gasteiger partial charge on any atom is -0.447 e. The number of hydrogen-bond donors (Lipinski definition) is 1. The molecule has 1 aromatic heterocycles. The van der Waals surface area contributed by atoms with Crippen molar-refractivity contribution in [3.63, 3.8) is 0 Å². The van der Waals surface area contributed by atoms with E-state index in [9.17, 15) is 4.79 Å². The van der Waals surface area contributed by atoms with Crippen LogP contribution < -0.4 is 5.32 Å². The van der Waals surface area contributed by atoms with E-state index < -0.39 is 0 Å². The van der Waals surface area contributed by atoms with Crippen LogP contribution in [0.15, 0.2) is 12.1 Å². The van der Waals surface area contributed by atoms with Crippen LogP contribution in [-0.2, 0) is 4.74 Å². The van der Waals surface area contributed by atoms with Gasteiger partial charge in [0.2, 0.25) is 0 Å². The fourth-order valence-electron chi connectivity index (χ4n) is 1.42. The Balaban J connectivity index is 2.27. The number of pyridine rings is 1. The number of aromatic nitrogens is 1. The predicted molar refractivity (Wildman–Crippen MR) is 51.2 cm³/mol. The zero-order valence-corrected chi connectivity index (χ0v) is 8.34. The van der Waals surface area contributed by atoms with Crippen LogP contribution in [0, 0.1) is 6.92 Å². The number of rotatable bonds is 1. The molecule has 0 spiro atoms. The highest BCUT2D eigenvalue weighted by molar-refractivity contribution is 6.29. The molecule has 1 aliphatic heterocycles. The van der Waals surface area contributed by atoms with Crippen molar-refractivity contribution in [2.45, 2.75) is 13.0 Å². The molecule has 2 heterocycles. The Labute approximate surface area is 86.2 Å². The lowest BCUT2D eigenvalue weighted by Gasteiger charge is -2.08. The highest BCUT2D eigenvalue weighted by atomic mass is 35.5. The van der Waals surface area contributed by atoms with Gasteiger partial charge in [0.1, 0.15) is 11.8 Å². The van der Waals surface area contributed by atoms with Gasteiger partial charge in [-0.1, -0.05) is 11.6 Å². The summed E-state index contributed by atoms with van der Waals surface area (Å²) >= 11 is 5.80. The first kappa shape index (κ1) is 9.27. The van der Waals surface area contributed by atoms with Gasteiger partial charge in [0, 0.05) is 5.69 Å². The number of halogens is 1. The number of cyclic esters (lactones) is 1. The zero-order chi connectivity index (χ0) is 10.1. The van der Waals surface area contributed by atoms with Crippen LogP contribution in [0.3, 0.4) is 0 Å². The van der Waals surface area contributed by atoms with Gasteiger partial charge in [0.05, 0.1) is 6.04 Å². The normalized spacial score (nSPS) is 20.4. The molecule has 1 amide bonds. The maximum absolute atomic E-state index is 10.8. The molecule has 5 heteroatoms. The first-order valence-electron chi connectivity index (χ1n) is 4.22. The lowest BCUT2D eigenvalue weighted by Crippen LogP contribution is -2.18. The van der Waals surface area contributed by atoms with Crippen LogP contribution in [0.2, 0.25) is 5.15 Å². The molecule has 1 fully saturated rings. The largest absolute Gasteiger partial charge is 0.447 e. The van der Waals surface area contributed by atoms with E-state index in [2.05, 4.69) is 10.3 Å². The molecule has 74 valence electrons. The van der Waals surface area contributed by atoms with Crippen molar-refractivity contribution in [1.82, 2.24) is 10.3 Å². The number of alkyl carbamates (subject to hydrolysis) is 1. The van der Waals surface area contributed by atoms with Gasteiger partial charge in [-0.3, -0.25) is 0 Å². The summed E-state index contributed by atoms with van der Waals surface area (Å²) in [5.41, 5.74) is 1.75. The van der Waals surface area contributed by atoms with Crippen molar-refractivity contribution in [3.8, 4) is 0 Å². The maximum atomic E-state index is 10.8. The van der Waals surface area contributed by atoms with E-state index in [0.717, 1.165) is 11.3 Å². The standard InChI is InChI=1S/C9H9ClN2O2/c1-5-2-6(3-8(10)11-5)7-4-14-9(13)12-7/h2-3,7H,4H2,1H3,(H,12,13). The maximum Gasteiger partial charge on any atom is 0.407 e. The van der Waals surface area contributed by atoms with Crippen molar-refractivity contribution >= 4 is 17.7 Å². The van der Waals surface area contributed by atoms with Crippen molar-refractivity contribution in [2.75, 3.05) is 6.61 Å². The molecule has 0 saturated carbocycles. The molecule has 1 unspecified atom stereocenters. The lowest BCUT2D eigenvalue weighted by molar-refractivity contribution is 0.177. The molecule has 1 N–H and O–H groups in total. The van der Waals surface area contributed by atoms with E-state index in [0.29, 0.717) is 11.8 Å². The van der Waals surface area contributed by atoms with Gasteiger partial charge in [-0.15, -0.1) is 0 Å². The molecule has 1 aliphatic rings. The molecular formula is C9H9ClN2O2. The van der Waals surface area contributed by atoms with Gasteiger partial charge in [0.15, 0.2) is 0 Å². The fourth-order valence-corrected chi connectivity index (χ4v) is 1.68. The SMILES string of the molecule is Cc1cc(C2COC(=O)N2)cc(Cl)n1. The molecule has 0 aliphatic carbocycles. The highest BCUT2D eigenvalue weighted by Gasteiger charge is 2.24. The Bertz CT molecular complexity index is 361. The summed E-state index contributed by atoms with van der Waals surface area (Å²) in [7, 11) is 0. The first-order chi connectivity index (χ1) is 6.65. The smallest absolute Gasteiger partial charge is 0.407 e. The molecule has 0 aromatic carbocycles. The van der Waals surface area contributed by atoms with Crippen LogP contribution in [0.25, 0.3) is 0 Å². The molecule has 1 aromatic rings. The van der Waals surface area contributed by atoms with E-state index in [4.69, 9.17) is 16.3 Å². The molecule has 2 rings (SSSR count). The molecular weight excluding hydrogens is 204 g/mol. The fraction of sp³-hybridized carbons (Fsp3) is 0.333. The zero-order valence-electron chi connectivity index (χ0n) is 7.58.